The molecule has 0 atom stereocenters. The second kappa shape index (κ2) is 14.2. The van der Waals surface area contributed by atoms with Gasteiger partial charge < -0.3 is 4.74 Å². The summed E-state index contributed by atoms with van der Waals surface area (Å²) in [6.45, 7) is 2.15. The van der Waals surface area contributed by atoms with Gasteiger partial charge in [-0.05, 0) is 64.9 Å². The monoisotopic (exact) mass is 652 g/mol. The highest BCUT2D eigenvalue weighted by atomic mass is 19.3. The maximum atomic E-state index is 15.2. The van der Waals surface area contributed by atoms with Gasteiger partial charge in [0.15, 0.2) is 17.5 Å². The molecule has 0 bridgehead atoms. The third-order valence-electron chi connectivity index (χ3n) is 7.59. The molecule has 5 rings (SSSR count). The standard InChI is InChI=1S/C38H28F8O/c1-2-3-4-5-23-6-8-24(9-7-23)26-12-14-30(33(40)18-26)28-13-15-31(34(41)20-28)27-11-10-25(32(39)19-27)16-17-38(45,46)47-29-21-35(42)37(44)36(43)22-29/h6-22H,2-5H2,1H3/b17-16+. The molecule has 242 valence electrons. The average Bonchev–Trinajstić information content (AvgIpc) is 3.03. The summed E-state index contributed by atoms with van der Waals surface area (Å²) in [5.41, 5.74) is 2.96. The summed E-state index contributed by atoms with van der Waals surface area (Å²) >= 11 is 0. The minimum atomic E-state index is -4.14. The van der Waals surface area contributed by atoms with E-state index in [1.165, 1.54) is 29.8 Å². The Morgan fingerprint density at radius 1 is 0.574 bits per heavy atom. The second-order valence-electron chi connectivity index (χ2n) is 11.0. The Kier molecular flexibility index (Phi) is 10.1. The molecule has 0 amide bonds. The van der Waals surface area contributed by atoms with E-state index in [1.54, 1.807) is 12.1 Å². The Bertz CT molecular complexity index is 1890. The second-order valence-corrected chi connectivity index (χ2v) is 11.0. The van der Waals surface area contributed by atoms with Crippen LogP contribution in [-0.2, 0) is 6.42 Å². The van der Waals surface area contributed by atoms with Crippen molar-refractivity contribution in [1.29, 1.82) is 0 Å². The fraction of sp³-hybridized carbons (Fsp3) is 0.158. The van der Waals surface area contributed by atoms with Crippen molar-refractivity contribution in [3.63, 3.8) is 0 Å². The lowest BCUT2D eigenvalue weighted by molar-refractivity contribution is -0.131. The van der Waals surface area contributed by atoms with Crippen molar-refractivity contribution in [2.45, 2.75) is 38.7 Å². The van der Waals surface area contributed by atoms with Gasteiger partial charge in [-0.3, -0.25) is 0 Å². The molecule has 0 N–H and O–H groups in total. The molecule has 0 aliphatic heterocycles. The summed E-state index contributed by atoms with van der Waals surface area (Å²) in [6.07, 6.45) is 1.07. The van der Waals surface area contributed by atoms with E-state index in [0.717, 1.165) is 49.4 Å². The molecule has 5 aromatic carbocycles. The largest absolute Gasteiger partial charge is 0.429 e. The zero-order valence-corrected chi connectivity index (χ0v) is 25.1. The van der Waals surface area contributed by atoms with Crippen molar-refractivity contribution < 1.29 is 39.9 Å². The normalized spacial score (nSPS) is 11.8. The highest BCUT2D eigenvalue weighted by Crippen LogP contribution is 2.33. The fourth-order valence-electron chi connectivity index (χ4n) is 5.09. The van der Waals surface area contributed by atoms with Crippen LogP contribution in [0.15, 0.2) is 97.1 Å². The van der Waals surface area contributed by atoms with Crippen LogP contribution in [0.1, 0.15) is 37.3 Å². The van der Waals surface area contributed by atoms with Crippen LogP contribution in [0.5, 0.6) is 5.75 Å². The maximum absolute atomic E-state index is 15.2. The van der Waals surface area contributed by atoms with Crippen LogP contribution >= 0.6 is 0 Å². The van der Waals surface area contributed by atoms with Gasteiger partial charge in [0, 0.05) is 34.9 Å². The number of rotatable bonds is 11. The average molecular weight is 653 g/mol. The molecule has 0 unspecified atom stereocenters. The van der Waals surface area contributed by atoms with Gasteiger partial charge in [-0.1, -0.05) is 80.4 Å². The van der Waals surface area contributed by atoms with Crippen LogP contribution in [0.25, 0.3) is 39.5 Å². The van der Waals surface area contributed by atoms with Crippen LogP contribution in [0.3, 0.4) is 0 Å². The molecule has 0 radical (unpaired) electrons. The molecule has 0 fully saturated rings. The molecule has 0 saturated heterocycles. The molecule has 0 heterocycles. The van der Waals surface area contributed by atoms with Gasteiger partial charge in [-0.2, -0.15) is 8.78 Å². The minimum Gasteiger partial charge on any atom is -0.429 e. The Morgan fingerprint density at radius 2 is 1.11 bits per heavy atom. The fourth-order valence-corrected chi connectivity index (χ4v) is 5.09. The summed E-state index contributed by atoms with van der Waals surface area (Å²) < 4.78 is 118. The number of ether oxygens (including phenoxy) is 1. The summed E-state index contributed by atoms with van der Waals surface area (Å²) in [6, 6.07) is 20.5. The Balaban J connectivity index is 1.29. The van der Waals surface area contributed by atoms with E-state index in [0.29, 0.717) is 11.6 Å². The van der Waals surface area contributed by atoms with Crippen LogP contribution < -0.4 is 4.74 Å². The van der Waals surface area contributed by atoms with Gasteiger partial charge in [0.25, 0.3) is 0 Å². The molecule has 9 heteroatoms. The molecule has 5 aromatic rings. The number of hydrogen-bond donors (Lipinski definition) is 0. The minimum absolute atomic E-state index is 0.00624. The van der Waals surface area contributed by atoms with Crippen molar-refractivity contribution in [3.8, 4) is 39.1 Å². The lowest BCUT2D eigenvalue weighted by atomic mass is 9.96. The molecule has 47 heavy (non-hydrogen) atoms. The highest BCUT2D eigenvalue weighted by molar-refractivity contribution is 5.75. The summed E-state index contributed by atoms with van der Waals surface area (Å²) in [5, 5.41) is 0. The predicted molar refractivity (Wildman–Crippen MR) is 167 cm³/mol. The van der Waals surface area contributed by atoms with Crippen molar-refractivity contribution in [3.05, 3.63) is 143 Å². The maximum Gasteiger partial charge on any atom is 0.419 e. The van der Waals surface area contributed by atoms with Gasteiger partial charge in [0.2, 0.25) is 0 Å². The number of halogens is 8. The predicted octanol–water partition coefficient (Wildman–Crippen LogP) is 11.9. The summed E-state index contributed by atoms with van der Waals surface area (Å²) in [7, 11) is 0. The Morgan fingerprint density at radius 3 is 1.68 bits per heavy atom. The number of aryl methyl sites for hydroxylation is 1. The molecule has 0 aromatic heterocycles. The van der Waals surface area contributed by atoms with Crippen molar-refractivity contribution in [2.24, 2.45) is 0 Å². The molecule has 0 spiro atoms. The first-order valence-electron chi connectivity index (χ1n) is 14.8. The smallest absolute Gasteiger partial charge is 0.419 e. The molecular weight excluding hydrogens is 624 g/mol. The Hall–Kier alpha value is -4.92. The zero-order valence-electron chi connectivity index (χ0n) is 25.1. The molecular formula is C38H28F8O. The number of hydrogen-bond acceptors (Lipinski definition) is 1. The quantitative estimate of drug-likeness (QED) is 0.0784. The van der Waals surface area contributed by atoms with E-state index >= 15 is 8.78 Å². The van der Waals surface area contributed by atoms with Crippen molar-refractivity contribution >= 4 is 6.08 Å². The first kappa shape index (κ1) is 33.4. The van der Waals surface area contributed by atoms with Crippen LogP contribution in [-0.4, -0.2) is 6.11 Å². The van der Waals surface area contributed by atoms with Gasteiger partial charge in [0.1, 0.15) is 23.2 Å². The number of alkyl halides is 2. The summed E-state index contributed by atoms with van der Waals surface area (Å²) in [5.74, 6) is -8.55. The lowest BCUT2D eigenvalue weighted by Gasteiger charge is -2.14. The molecule has 0 saturated carbocycles. The summed E-state index contributed by atoms with van der Waals surface area (Å²) in [4.78, 5) is 0. The van der Waals surface area contributed by atoms with Crippen molar-refractivity contribution in [2.75, 3.05) is 0 Å². The third kappa shape index (κ3) is 8.09. The van der Waals surface area contributed by atoms with E-state index in [2.05, 4.69) is 11.7 Å². The molecule has 1 nitrogen and oxygen atoms in total. The number of unbranched alkanes of at least 4 members (excludes halogenated alkanes) is 2. The van der Waals surface area contributed by atoms with E-state index in [9.17, 15) is 26.3 Å². The number of benzene rings is 5. The van der Waals surface area contributed by atoms with E-state index in [-0.39, 0.29) is 46.0 Å². The van der Waals surface area contributed by atoms with Gasteiger partial charge in [-0.15, -0.1) is 0 Å². The first-order valence-corrected chi connectivity index (χ1v) is 14.8. The highest BCUT2D eigenvalue weighted by Gasteiger charge is 2.29. The molecule has 0 aliphatic rings. The third-order valence-corrected chi connectivity index (χ3v) is 7.59. The van der Waals surface area contributed by atoms with Crippen LogP contribution in [0.4, 0.5) is 35.1 Å². The van der Waals surface area contributed by atoms with E-state index in [1.807, 2.05) is 24.3 Å². The van der Waals surface area contributed by atoms with E-state index < -0.39 is 46.8 Å². The molecule has 0 aliphatic carbocycles. The zero-order chi connectivity index (χ0) is 33.7. The van der Waals surface area contributed by atoms with E-state index in [4.69, 9.17) is 0 Å². The van der Waals surface area contributed by atoms with Gasteiger partial charge in [0.05, 0.1) is 0 Å². The van der Waals surface area contributed by atoms with Gasteiger partial charge >= 0.3 is 6.11 Å². The topological polar surface area (TPSA) is 9.23 Å². The lowest BCUT2D eigenvalue weighted by Crippen LogP contribution is -2.21. The van der Waals surface area contributed by atoms with Crippen molar-refractivity contribution in [1.82, 2.24) is 0 Å². The first-order chi connectivity index (χ1) is 22.4. The van der Waals surface area contributed by atoms with Gasteiger partial charge in [-0.25, -0.2) is 26.3 Å². The Labute approximate surface area is 266 Å². The van der Waals surface area contributed by atoms with Crippen LogP contribution in [0, 0.1) is 34.9 Å². The van der Waals surface area contributed by atoms with Crippen LogP contribution in [0.2, 0.25) is 0 Å². The SMILES string of the molecule is CCCCCc1ccc(-c2ccc(-c3ccc(-c4ccc(/C=C/C(F)(F)Oc5cc(F)c(F)c(F)c5)c(F)c4)c(F)c3)c(F)c2)cc1.